The van der Waals surface area contributed by atoms with Crippen molar-refractivity contribution < 1.29 is 28.0 Å². The van der Waals surface area contributed by atoms with E-state index >= 15 is 0 Å². The first-order valence-electron chi connectivity index (χ1n) is 12.5. The highest BCUT2D eigenvalue weighted by molar-refractivity contribution is 7.88. The molecule has 1 heterocycles. The zero-order chi connectivity index (χ0) is 25.5. The first-order valence-corrected chi connectivity index (χ1v) is 14.4. The molecule has 196 valence electrons. The van der Waals surface area contributed by atoms with Crippen molar-refractivity contribution in [2.24, 2.45) is 40.0 Å². The molecule has 0 bridgehead atoms. The predicted molar refractivity (Wildman–Crippen MR) is 131 cm³/mol. The summed E-state index contributed by atoms with van der Waals surface area (Å²) in [6, 6.07) is 0. The Morgan fingerprint density at radius 1 is 1.12 bits per heavy atom. The number of aliphatic carboxylic acids is 1. The van der Waals surface area contributed by atoms with Gasteiger partial charge in [-0.1, -0.05) is 70.9 Å². The van der Waals surface area contributed by atoms with Gasteiger partial charge in [0.1, 0.15) is 5.84 Å². The van der Waals surface area contributed by atoms with Gasteiger partial charge in [-0.05, 0) is 30.6 Å². The van der Waals surface area contributed by atoms with E-state index < -0.39 is 39.2 Å². The van der Waals surface area contributed by atoms with Crippen molar-refractivity contribution in [3.8, 4) is 0 Å². The topological polar surface area (TPSA) is 139 Å². The number of carbonyl (C=O) groups excluding carboxylic acids is 1. The van der Waals surface area contributed by atoms with E-state index in [9.17, 15) is 23.1 Å². The van der Waals surface area contributed by atoms with Crippen LogP contribution in [0.25, 0.3) is 0 Å². The highest BCUT2D eigenvalue weighted by Crippen LogP contribution is 2.37. The highest BCUT2D eigenvalue weighted by atomic mass is 32.2. The van der Waals surface area contributed by atoms with E-state index in [1.165, 1.54) is 42.7 Å². The minimum atomic E-state index is -3.25. The Kier molecular flexibility index (Phi) is 10.4. The van der Waals surface area contributed by atoms with Gasteiger partial charge in [0.25, 0.3) is 0 Å². The summed E-state index contributed by atoms with van der Waals surface area (Å²) >= 11 is 0. The number of hydrogen-bond donors (Lipinski definition) is 2. The van der Waals surface area contributed by atoms with Crippen molar-refractivity contribution >= 4 is 27.8 Å². The fourth-order valence-electron chi connectivity index (χ4n) is 5.39. The molecule has 2 fully saturated rings. The monoisotopic (exact) mass is 501 g/mol. The molecule has 1 unspecified atom stereocenters. The van der Waals surface area contributed by atoms with Crippen molar-refractivity contribution in [2.75, 3.05) is 19.3 Å². The Morgan fingerprint density at radius 2 is 1.71 bits per heavy atom. The number of hydrogen-bond acceptors (Lipinski definition) is 6. The first kappa shape index (κ1) is 28.6. The first-order chi connectivity index (χ1) is 15.8. The van der Waals surface area contributed by atoms with Gasteiger partial charge in [-0.2, -0.15) is 0 Å². The van der Waals surface area contributed by atoms with E-state index in [1.807, 2.05) is 20.8 Å². The number of carbonyl (C=O) groups is 2. The maximum absolute atomic E-state index is 13.1. The Morgan fingerprint density at radius 3 is 2.21 bits per heavy atom. The van der Waals surface area contributed by atoms with Crippen LogP contribution in [0.4, 0.5) is 0 Å². The summed E-state index contributed by atoms with van der Waals surface area (Å²) in [6.07, 6.45) is 10.5. The maximum Gasteiger partial charge on any atom is 0.339 e. The van der Waals surface area contributed by atoms with E-state index in [1.54, 1.807) is 0 Å². The van der Waals surface area contributed by atoms with Crippen LogP contribution in [0, 0.1) is 29.1 Å². The average molecular weight is 502 g/mol. The van der Waals surface area contributed by atoms with Crippen LogP contribution >= 0.6 is 0 Å². The van der Waals surface area contributed by atoms with Gasteiger partial charge in [0.2, 0.25) is 10.0 Å². The molecule has 3 N–H and O–H groups in total. The number of amidine groups is 1. The molecular formula is C24H43N3O6S. The second kappa shape index (κ2) is 12.3. The second-order valence-corrected chi connectivity index (χ2v) is 13.1. The van der Waals surface area contributed by atoms with Crippen LogP contribution < -0.4 is 5.73 Å². The molecule has 0 aromatic rings. The van der Waals surface area contributed by atoms with Crippen molar-refractivity contribution in [3.05, 3.63) is 0 Å². The van der Waals surface area contributed by atoms with Crippen LogP contribution in [0.1, 0.15) is 85.0 Å². The van der Waals surface area contributed by atoms with Crippen LogP contribution in [-0.2, 0) is 24.4 Å². The Bertz CT molecular complexity index is 822. The number of nitrogens with zero attached hydrogens (tertiary/aromatic N) is 2. The molecule has 0 spiro atoms. The Hall–Kier alpha value is -1.68. The largest absolute Gasteiger partial charge is 0.481 e. The van der Waals surface area contributed by atoms with Gasteiger partial charge in [-0.3, -0.25) is 4.79 Å². The molecule has 1 aliphatic carbocycles. The zero-order valence-corrected chi connectivity index (χ0v) is 22.0. The summed E-state index contributed by atoms with van der Waals surface area (Å²) in [5.41, 5.74) is 5.43. The smallest absolute Gasteiger partial charge is 0.339 e. The summed E-state index contributed by atoms with van der Waals surface area (Å²) < 4.78 is 24.8. The van der Waals surface area contributed by atoms with Gasteiger partial charge in [-0.15, -0.1) is 0 Å². The van der Waals surface area contributed by atoms with Crippen molar-refractivity contribution in [3.63, 3.8) is 0 Å². The Labute approximate surface area is 204 Å². The third kappa shape index (κ3) is 8.52. The van der Waals surface area contributed by atoms with Gasteiger partial charge in [0.05, 0.1) is 18.1 Å². The lowest BCUT2D eigenvalue weighted by Crippen LogP contribution is -2.41. The molecule has 2 rings (SSSR count). The molecule has 9 nitrogen and oxygen atoms in total. The number of oxime groups is 1. The van der Waals surface area contributed by atoms with E-state index in [0.717, 1.165) is 12.8 Å². The van der Waals surface area contributed by atoms with Crippen molar-refractivity contribution in [2.45, 2.75) is 85.0 Å². The number of carboxylic acids is 1. The fraction of sp³-hybridized carbons (Fsp3) is 0.875. The van der Waals surface area contributed by atoms with Gasteiger partial charge < -0.3 is 15.7 Å². The van der Waals surface area contributed by atoms with Crippen molar-refractivity contribution in [1.29, 1.82) is 0 Å². The molecule has 2 atom stereocenters. The molecule has 2 aliphatic rings. The average Bonchev–Trinajstić information content (AvgIpc) is 2.75. The van der Waals surface area contributed by atoms with E-state index in [2.05, 4.69) is 5.16 Å². The molecule has 0 amide bonds. The fourth-order valence-corrected chi connectivity index (χ4v) is 6.27. The molecule has 0 radical (unpaired) electrons. The molecule has 1 saturated carbocycles. The summed E-state index contributed by atoms with van der Waals surface area (Å²) in [5.74, 6) is -2.79. The standard InChI is InChI=1S/C24H43N3O6S/c1-24(2,3)20(22(28)29)19(12-8-11-17-9-6-5-7-10-17)23(30)33-26-21(25)18-13-15-27(16-14-18)34(4,31)32/h17-20H,5-16H2,1-4H3,(H2,25,26)(H,28,29)/t19-,20?/m1/s1. The molecule has 10 heteroatoms. The third-order valence-corrected chi connectivity index (χ3v) is 8.64. The van der Waals surface area contributed by atoms with Crippen LogP contribution in [0.2, 0.25) is 0 Å². The lowest BCUT2D eigenvalue weighted by atomic mass is 9.71. The van der Waals surface area contributed by atoms with Crippen LogP contribution in [0.15, 0.2) is 5.16 Å². The van der Waals surface area contributed by atoms with Gasteiger partial charge in [-0.25, -0.2) is 17.5 Å². The molecular weight excluding hydrogens is 458 g/mol. The van der Waals surface area contributed by atoms with Gasteiger partial charge in [0.15, 0.2) is 0 Å². The number of carboxylic acid groups (broad SMARTS) is 1. The number of piperidine rings is 1. The second-order valence-electron chi connectivity index (χ2n) is 11.1. The Balaban J connectivity index is 2.03. The number of sulfonamides is 1. The number of nitrogens with two attached hydrogens (primary N) is 1. The van der Waals surface area contributed by atoms with Crippen LogP contribution in [0.3, 0.4) is 0 Å². The third-order valence-electron chi connectivity index (χ3n) is 7.34. The quantitative estimate of drug-likeness (QED) is 0.202. The van der Waals surface area contributed by atoms with Crippen LogP contribution in [0.5, 0.6) is 0 Å². The minimum Gasteiger partial charge on any atom is -0.481 e. The summed E-state index contributed by atoms with van der Waals surface area (Å²) in [5, 5.41) is 13.8. The zero-order valence-electron chi connectivity index (χ0n) is 21.2. The lowest BCUT2D eigenvalue weighted by Gasteiger charge is -2.32. The number of rotatable bonds is 10. The van der Waals surface area contributed by atoms with Crippen molar-refractivity contribution in [1.82, 2.24) is 4.31 Å². The van der Waals surface area contributed by atoms with E-state index in [0.29, 0.717) is 38.3 Å². The lowest BCUT2D eigenvalue weighted by molar-refractivity contribution is -0.162. The SMILES string of the molecule is CC(C)(C)C(C(=O)O)[C@@H](CCCC1CCCCC1)C(=O)ON=C(N)C1CCN(S(C)(=O)=O)CC1. The van der Waals surface area contributed by atoms with E-state index in [-0.39, 0.29) is 11.8 Å². The predicted octanol–water partition coefficient (Wildman–Crippen LogP) is 3.59. The summed E-state index contributed by atoms with van der Waals surface area (Å²) in [4.78, 5) is 30.4. The molecule has 34 heavy (non-hydrogen) atoms. The van der Waals surface area contributed by atoms with Crippen LogP contribution in [-0.4, -0.2) is 54.9 Å². The summed E-state index contributed by atoms with van der Waals surface area (Å²) in [7, 11) is -3.25. The van der Waals surface area contributed by atoms with E-state index in [4.69, 9.17) is 10.6 Å². The van der Waals surface area contributed by atoms with Gasteiger partial charge in [0, 0.05) is 19.0 Å². The minimum absolute atomic E-state index is 0.144. The molecule has 0 aromatic carbocycles. The normalized spacial score (nSPS) is 21.7. The molecule has 1 saturated heterocycles. The molecule has 1 aliphatic heterocycles. The molecule has 0 aromatic heterocycles. The summed E-state index contributed by atoms with van der Waals surface area (Å²) in [6.45, 7) is 6.13. The maximum atomic E-state index is 13.1. The highest BCUT2D eigenvalue weighted by Gasteiger charge is 2.43. The van der Waals surface area contributed by atoms with Gasteiger partial charge >= 0.3 is 11.9 Å².